The molecule has 2 aliphatic rings. The normalized spacial score (nSPS) is 16.2. The summed E-state index contributed by atoms with van der Waals surface area (Å²) in [4.78, 5) is 14.8. The molecule has 0 saturated carbocycles. The van der Waals surface area contributed by atoms with Gasteiger partial charge in [-0.25, -0.2) is 0 Å². The Morgan fingerprint density at radius 1 is 1.37 bits per heavy atom. The number of aliphatic imine (C=N–C) groups is 1. The molecule has 1 N–H and O–H groups in total. The maximum atomic E-state index is 10.5. The van der Waals surface area contributed by atoms with Crippen molar-refractivity contribution in [2.75, 3.05) is 5.75 Å². The molecule has 0 unspecified atom stereocenters. The predicted molar refractivity (Wildman–Crippen MR) is 77.0 cm³/mol. The van der Waals surface area contributed by atoms with Crippen molar-refractivity contribution in [1.29, 1.82) is 0 Å². The van der Waals surface area contributed by atoms with Crippen molar-refractivity contribution in [3.8, 4) is 0 Å². The molecule has 1 aromatic rings. The highest BCUT2D eigenvalue weighted by Gasteiger charge is 2.17. The number of hydrogen-bond donors (Lipinski definition) is 1. The summed E-state index contributed by atoms with van der Waals surface area (Å²) in [7, 11) is 0. The molecule has 0 aromatic heterocycles. The average Bonchev–Trinajstić information content (AvgIpc) is 3.04. The van der Waals surface area contributed by atoms with Crippen LogP contribution in [0.25, 0.3) is 0 Å². The van der Waals surface area contributed by atoms with Gasteiger partial charge in [0, 0.05) is 24.6 Å². The second-order valence-electron chi connectivity index (χ2n) is 4.26. The van der Waals surface area contributed by atoms with Crippen LogP contribution in [0.4, 0.5) is 5.69 Å². The van der Waals surface area contributed by atoms with Gasteiger partial charge < -0.3 is 5.11 Å². The van der Waals surface area contributed by atoms with Gasteiger partial charge >= 0.3 is 5.97 Å². The number of aliphatic carboxylic acids is 1. The number of rotatable bonds is 3. The van der Waals surface area contributed by atoms with Crippen LogP contribution in [0.15, 0.2) is 33.4 Å². The standard InChI is InChI=1S/C13H11N3O2S/c17-13(18)7-19-12-6-11(15-16-12)9-2-1-8-3-4-14-10(8)5-9/h1-2,4-5H,3,6-7H2,(H,17,18). The minimum atomic E-state index is -0.840. The smallest absolute Gasteiger partial charge is 0.313 e. The monoisotopic (exact) mass is 273 g/mol. The second-order valence-corrected chi connectivity index (χ2v) is 5.31. The van der Waals surface area contributed by atoms with E-state index in [4.69, 9.17) is 5.11 Å². The van der Waals surface area contributed by atoms with Crippen LogP contribution in [0.5, 0.6) is 0 Å². The zero-order chi connectivity index (χ0) is 13.2. The molecule has 0 bridgehead atoms. The first-order valence-corrected chi connectivity index (χ1v) is 6.85. The largest absolute Gasteiger partial charge is 0.481 e. The third-order valence-corrected chi connectivity index (χ3v) is 3.87. The molecule has 2 aliphatic heterocycles. The topological polar surface area (TPSA) is 74.4 Å². The Morgan fingerprint density at radius 3 is 3.11 bits per heavy atom. The van der Waals surface area contributed by atoms with E-state index in [0.29, 0.717) is 6.42 Å². The number of hydrogen-bond acceptors (Lipinski definition) is 5. The van der Waals surface area contributed by atoms with Crippen LogP contribution in [0.1, 0.15) is 17.5 Å². The molecule has 0 spiro atoms. The van der Waals surface area contributed by atoms with Crippen LogP contribution < -0.4 is 0 Å². The van der Waals surface area contributed by atoms with Gasteiger partial charge in [0.1, 0.15) is 5.04 Å². The minimum absolute atomic E-state index is 0.0239. The molecule has 96 valence electrons. The molecular weight excluding hydrogens is 262 g/mol. The van der Waals surface area contributed by atoms with Crippen molar-refractivity contribution in [1.82, 2.24) is 0 Å². The number of fused-ring (bicyclic) bond motifs is 1. The Balaban J connectivity index is 1.69. The summed E-state index contributed by atoms with van der Waals surface area (Å²) in [5.74, 6) is -0.816. The highest BCUT2D eigenvalue weighted by Crippen LogP contribution is 2.27. The molecule has 0 radical (unpaired) electrons. The molecule has 1 aromatic carbocycles. The maximum Gasteiger partial charge on any atom is 0.313 e. The lowest BCUT2D eigenvalue weighted by atomic mass is 10.0. The van der Waals surface area contributed by atoms with Gasteiger partial charge in [0.15, 0.2) is 0 Å². The van der Waals surface area contributed by atoms with Crippen molar-refractivity contribution in [3.05, 3.63) is 29.3 Å². The number of carboxylic acid groups (broad SMARTS) is 1. The number of thioether (sulfide) groups is 1. The molecule has 6 heteroatoms. The zero-order valence-electron chi connectivity index (χ0n) is 10.0. The molecule has 0 fully saturated rings. The van der Waals surface area contributed by atoms with Gasteiger partial charge in [0.05, 0.1) is 17.2 Å². The molecule has 0 aliphatic carbocycles. The van der Waals surface area contributed by atoms with Crippen molar-refractivity contribution < 1.29 is 9.90 Å². The summed E-state index contributed by atoms with van der Waals surface area (Å²) < 4.78 is 0. The van der Waals surface area contributed by atoms with E-state index in [2.05, 4.69) is 21.3 Å². The Hall–Kier alpha value is -1.95. The quantitative estimate of drug-likeness (QED) is 0.918. The first-order valence-electron chi connectivity index (χ1n) is 5.86. The average molecular weight is 273 g/mol. The van der Waals surface area contributed by atoms with Crippen LogP contribution in [0, 0.1) is 0 Å². The number of benzene rings is 1. The van der Waals surface area contributed by atoms with Crippen molar-refractivity contribution in [3.63, 3.8) is 0 Å². The first kappa shape index (κ1) is 12.1. The van der Waals surface area contributed by atoms with Crippen molar-refractivity contribution >= 4 is 40.4 Å². The maximum absolute atomic E-state index is 10.5. The first-order chi connectivity index (χ1) is 9.22. The highest BCUT2D eigenvalue weighted by atomic mass is 32.2. The predicted octanol–water partition coefficient (Wildman–Crippen LogP) is 2.27. The number of carboxylic acids is 1. The van der Waals surface area contributed by atoms with Gasteiger partial charge in [0.2, 0.25) is 0 Å². The molecule has 0 amide bonds. The van der Waals surface area contributed by atoms with E-state index >= 15 is 0 Å². The van der Waals surface area contributed by atoms with Crippen LogP contribution in [-0.2, 0) is 11.2 Å². The Kier molecular flexibility index (Phi) is 3.16. The van der Waals surface area contributed by atoms with E-state index in [0.717, 1.165) is 28.4 Å². The van der Waals surface area contributed by atoms with Gasteiger partial charge in [-0.15, -0.1) is 5.10 Å². The summed E-state index contributed by atoms with van der Waals surface area (Å²) in [5.41, 5.74) is 4.10. The second kappa shape index (κ2) is 4.97. The van der Waals surface area contributed by atoms with Gasteiger partial charge in [-0.1, -0.05) is 23.9 Å². The van der Waals surface area contributed by atoms with Crippen molar-refractivity contribution in [2.45, 2.75) is 12.8 Å². The lowest BCUT2D eigenvalue weighted by Gasteiger charge is -2.03. The molecular formula is C13H11N3O2S. The fourth-order valence-corrected chi connectivity index (χ4v) is 2.62. The van der Waals surface area contributed by atoms with E-state index < -0.39 is 5.97 Å². The number of carbonyl (C=O) groups is 1. The third kappa shape index (κ3) is 2.58. The summed E-state index contributed by atoms with van der Waals surface area (Å²) >= 11 is 1.22. The highest BCUT2D eigenvalue weighted by molar-refractivity contribution is 8.14. The van der Waals surface area contributed by atoms with Gasteiger partial charge in [0.25, 0.3) is 0 Å². The van der Waals surface area contributed by atoms with Crippen LogP contribution >= 0.6 is 11.8 Å². The third-order valence-electron chi connectivity index (χ3n) is 2.92. The van der Waals surface area contributed by atoms with E-state index in [9.17, 15) is 4.79 Å². The van der Waals surface area contributed by atoms with E-state index in [1.165, 1.54) is 17.3 Å². The minimum Gasteiger partial charge on any atom is -0.481 e. The van der Waals surface area contributed by atoms with Gasteiger partial charge in [-0.2, -0.15) is 5.10 Å². The fourth-order valence-electron chi connectivity index (χ4n) is 1.99. The van der Waals surface area contributed by atoms with Crippen molar-refractivity contribution in [2.24, 2.45) is 15.2 Å². The van der Waals surface area contributed by atoms with Crippen LogP contribution in [-0.4, -0.2) is 33.8 Å². The van der Waals surface area contributed by atoms with E-state index in [1.807, 2.05) is 18.3 Å². The summed E-state index contributed by atoms with van der Waals surface area (Å²) in [6.45, 7) is 0. The molecule has 0 saturated heterocycles. The van der Waals surface area contributed by atoms with Crippen LogP contribution in [0.2, 0.25) is 0 Å². The molecule has 5 nitrogen and oxygen atoms in total. The Labute approximate surface area is 114 Å². The summed E-state index contributed by atoms with van der Waals surface area (Å²) in [5, 5.41) is 17.5. The lowest BCUT2D eigenvalue weighted by Crippen LogP contribution is -2.05. The van der Waals surface area contributed by atoms with Gasteiger partial charge in [-0.3, -0.25) is 9.79 Å². The summed E-state index contributed by atoms with van der Waals surface area (Å²) in [6, 6.07) is 6.09. The number of nitrogens with zero attached hydrogens (tertiary/aromatic N) is 3. The van der Waals surface area contributed by atoms with Gasteiger partial charge in [-0.05, 0) is 11.6 Å². The fraction of sp³-hybridized carbons (Fsp3) is 0.231. The van der Waals surface area contributed by atoms with Crippen LogP contribution in [0.3, 0.4) is 0 Å². The zero-order valence-corrected chi connectivity index (χ0v) is 10.9. The van der Waals surface area contributed by atoms with E-state index in [1.54, 1.807) is 0 Å². The molecule has 0 atom stereocenters. The summed E-state index contributed by atoms with van der Waals surface area (Å²) in [6.07, 6.45) is 3.38. The molecule has 2 heterocycles. The Bertz CT molecular complexity index is 635. The Morgan fingerprint density at radius 2 is 2.26 bits per heavy atom. The lowest BCUT2D eigenvalue weighted by molar-refractivity contribution is -0.133. The SMILES string of the molecule is O=C(O)CSC1=NN=C(c2ccc3c(c2)N=CC3)C1. The van der Waals surface area contributed by atoms with E-state index in [-0.39, 0.29) is 5.75 Å². The molecule has 19 heavy (non-hydrogen) atoms. The molecule has 3 rings (SSSR count).